The summed E-state index contributed by atoms with van der Waals surface area (Å²) in [4.78, 5) is 11.2. The molecule has 0 aliphatic heterocycles. The van der Waals surface area contributed by atoms with E-state index in [9.17, 15) is 18.3 Å². The molecule has 0 fully saturated rings. The predicted octanol–water partition coefficient (Wildman–Crippen LogP) is 4.97. The molecule has 0 saturated heterocycles. The number of aliphatic carboxylic acids is 1. The molecular weight excluding hydrogens is 432 g/mol. The standard InChI is InChI=1S/C15H11Cl4NO4S/c1-8(15(21)22)20(14-6-9(16)2-4-12(14)18)25(23,24)10-3-5-11(17)13(19)7-10/h2-8H,1H3,(H,21,22). The molecule has 2 aromatic rings. The van der Waals surface area contributed by atoms with Crippen molar-refractivity contribution in [3.05, 3.63) is 56.5 Å². The summed E-state index contributed by atoms with van der Waals surface area (Å²) in [5.74, 6) is -1.36. The van der Waals surface area contributed by atoms with Crippen LogP contribution in [-0.2, 0) is 14.8 Å². The number of halogens is 4. The summed E-state index contributed by atoms with van der Waals surface area (Å²) in [6.45, 7) is 1.22. The Labute approximate surface area is 164 Å². The molecule has 5 nitrogen and oxygen atoms in total. The highest BCUT2D eigenvalue weighted by molar-refractivity contribution is 7.93. The molecule has 1 unspecified atom stereocenters. The van der Waals surface area contributed by atoms with Gasteiger partial charge in [-0.2, -0.15) is 0 Å². The highest BCUT2D eigenvalue weighted by Crippen LogP contribution is 2.35. The van der Waals surface area contributed by atoms with E-state index in [4.69, 9.17) is 46.4 Å². The number of sulfonamides is 1. The Morgan fingerprint density at radius 1 is 1.00 bits per heavy atom. The van der Waals surface area contributed by atoms with E-state index in [0.29, 0.717) is 4.31 Å². The fourth-order valence-corrected chi connectivity index (χ4v) is 4.49. The molecule has 1 N–H and O–H groups in total. The molecule has 0 aliphatic rings. The van der Waals surface area contributed by atoms with Gasteiger partial charge in [0.25, 0.3) is 10.0 Å². The summed E-state index contributed by atoms with van der Waals surface area (Å²) < 4.78 is 26.8. The monoisotopic (exact) mass is 441 g/mol. The molecule has 0 radical (unpaired) electrons. The molecule has 2 rings (SSSR count). The summed E-state index contributed by atoms with van der Waals surface area (Å²) in [6.07, 6.45) is 0. The normalized spacial score (nSPS) is 12.7. The molecule has 25 heavy (non-hydrogen) atoms. The van der Waals surface area contributed by atoms with E-state index in [-0.39, 0.29) is 30.7 Å². The summed E-state index contributed by atoms with van der Waals surface area (Å²) >= 11 is 23.7. The molecule has 0 aromatic heterocycles. The van der Waals surface area contributed by atoms with Crippen LogP contribution in [0.1, 0.15) is 6.92 Å². The third kappa shape index (κ3) is 4.15. The molecule has 10 heteroatoms. The van der Waals surface area contributed by atoms with E-state index >= 15 is 0 Å². The lowest BCUT2D eigenvalue weighted by molar-refractivity contribution is -0.137. The average molecular weight is 443 g/mol. The second kappa shape index (κ2) is 7.60. The van der Waals surface area contributed by atoms with Crippen molar-refractivity contribution in [2.24, 2.45) is 0 Å². The smallest absolute Gasteiger partial charge is 0.327 e. The molecule has 0 saturated carbocycles. The van der Waals surface area contributed by atoms with Crippen LogP contribution in [0.25, 0.3) is 0 Å². The zero-order valence-corrected chi connectivity index (χ0v) is 16.4. The van der Waals surface area contributed by atoms with Crippen LogP contribution >= 0.6 is 46.4 Å². The fourth-order valence-electron chi connectivity index (χ4n) is 2.05. The predicted molar refractivity (Wildman–Crippen MR) is 99.7 cm³/mol. The Morgan fingerprint density at radius 2 is 1.60 bits per heavy atom. The lowest BCUT2D eigenvalue weighted by Gasteiger charge is -2.29. The number of rotatable bonds is 5. The summed E-state index contributed by atoms with van der Waals surface area (Å²) in [5, 5.41) is 9.77. The number of hydrogen-bond acceptors (Lipinski definition) is 3. The van der Waals surface area contributed by atoms with Gasteiger partial charge >= 0.3 is 5.97 Å². The highest BCUT2D eigenvalue weighted by Gasteiger charge is 2.35. The SMILES string of the molecule is CC(C(=O)O)N(c1cc(Cl)ccc1Cl)S(=O)(=O)c1ccc(Cl)c(Cl)c1. The highest BCUT2D eigenvalue weighted by atomic mass is 35.5. The van der Waals surface area contributed by atoms with E-state index in [2.05, 4.69) is 0 Å². The molecule has 134 valence electrons. The van der Waals surface area contributed by atoms with Crippen LogP contribution in [0.5, 0.6) is 0 Å². The van der Waals surface area contributed by atoms with Crippen molar-refractivity contribution < 1.29 is 18.3 Å². The van der Waals surface area contributed by atoms with Crippen molar-refractivity contribution in [3.63, 3.8) is 0 Å². The van der Waals surface area contributed by atoms with E-state index in [0.717, 1.165) is 6.07 Å². The van der Waals surface area contributed by atoms with Gasteiger partial charge in [0.2, 0.25) is 0 Å². The quantitative estimate of drug-likeness (QED) is 0.709. The molecule has 0 spiro atoms. The Morgan fingerprint density at radius 3 is 2.16 bits per heavy atom. The molecule has 0 amide bonds. The minimum atomic E-state index is -4.31. The van der Waals surface area contributed by atoms with E-state index < -0.39 is 22.0 Å². The zero-order valence-electron chi connectivity index (χ0n) is 12.6. The van der Waals surface area contributed by atoms with E-state index in [1.165, 1.54) is 37.3 Å². The topological polar surface area (TPSA) is 74.7 Å². The maximum absolute atomic E-state index is 13.1. The number of hydrogen-bond donors (Lipinski definition) is 1. The van der Waals surface area contributed by atoms with Gasteiger partial charge in [-0.3, -0.25) is 4.31 Å². The lowest BCUT2D eigenvalue weighted by Crippen LogP contribution is -2.43. The van der Waals surface area contributed by atoms with Gasteiger partial charge in [-0.15, -0.1) is 0 Å². The summed E-state index contributed by atoms with van der Waals surface area (Å²) in [6, 6.07) is 6.34. The van der Waals surface area contributed by atoms with Gasteiger partial charge in [0.15, 0.2) is 0 Å². The number of carboxylic acid groups (broad SMARTS) is 1. The van der Waals surface area contributed by atoms with Gasteiger partial charge in [0.05, 0.1) is 25.7 Å². The molecule has 0 bridgehead atoms. The van der Waals surface area contributed by atoms with Crippen molar-refractivity contribution in [1.82, 2.24) is 0 Å². The third-order valence-electron chi connectivity index (χ3n) is 3.30. The summed E-state index contributed by atoms with van der Waals surface area (Å²) in [5.41, 5.74) is -0.0601. The molecule has 2 aromatic carbocycles. The number of nitrogens with zero attached hydrogens (tertiary/aromatic N) is 1. The van der Waals surface area contributed by atoms with Gasteiger partial charge in [0.1, 0.15) is 6.04 Å². The van der Waals surface area contributed by atoms with Crippen LogP contribution in [0.2, 0.25) is 20.1 Å². The maximum Gasteiger partial charge on any atom is 0.327 e. The van der Waals surface area contributed by atoms with Crippen molar-refractivity contribution in [3.8, 4) is 0 Å². The van der Waals surface area contributed by atoms with Gasteiger partial charge in [-0.1, -0.05) is 46.4 Å². The Hall–Kier alpha value is -1.18. The van der Waals surface area contributed by atoms with Gasteiger partial charge < -0.3 is 5.11 Å². The van der Waals surface area contributed by atoms with Crippen LogP contribution in [0.4, 0.5) is 5.69 Å². The van der Waals surface area contributed by atoms with Crippen LogP contribution in [0.15, 0.2) is 41.3 Å². The van der Waals surface area contributed by atoms with Crippen LogP contribution in [-0.4, -0.2) is 25.5 Å². The van der Waals surface area contributed by atoms with Gasteiger partial charge in [0, 0.05) is 5.02 Å². The first-order valence-corrected chi connectivity index (χ1v) is 9.68. The Kier molecular flexibility index (Phi) is 6.12. The number of anilines is 1. The molecule has 0 heterocycles. The van der Waals surface area contributed by atoms with E-state index in [1.54, 1.807) is 0 Å². The molecule has 0 aliphatic carbocycles. The van der Waals surface area contributed by atoms with Crippen LogP contribution in [0.3, 0.4) is 0 Å². The van der Waals surface area contributed by atoms with Gasteiger partial charge in [-0.05, 0) is 43.3 Å². The van der Waals surface area contributed by atoms with Crippen molar-refractivity contribution in [2.75, 3.05) is 4.31 Å². The third-order valence-corrected chi connectivity index (χ3v) is 6.48. The zero-order chi connectivity index (χ0) is 18.9. The van der Waals surface area contributed by atoms with E-state index in [1.807, 2.05) is 0 Å². The summed E-state index contributed by atoms with van der Waals surface area (Å²) in [7, 11) is -4.31. The molecular formula is C15H11Cl4NO4S. The van der Waals surface area contributed by atoms with Crippen molar-refractivity contribution in [1.29, 1.82) is 0 Å². The first-order chi connectivity index (χ1) is 11.6. The lowest BCUT2D eigenvalue weighted by atomic mass is 10.2. The number of carboxylic acids is 1. The van der Waals surface area contributed by atoms with Crippen LogP contribution in [0, 0.1) is 0 Å². The second-order valence-corrected chi connectivity index (χ2v) is 8.46. The van der Waals surface area contributed by atoms with Crippen LogP contribution < -0.4 is 4.31 Å². The van der Waals surface area contributed by atoms with Crippen molar-refractivity contribution in [2.45, 2.75) is 17.9 Å². The maximum atomic E-state index is 13.1. The second-order valence-electron chi connectivity index (χ2n) is 4.99. The van der Waals surface area contributed by atoms with Crippen molar-refractivity contribution >= 4 is 68.1 Å². The first-order valence-electron chi connectivity index (χ1n) is 6.73. The number of carbonyl (C=O) groups is 1. The number of benzene rings is 2. The largest absolute Gasteiger partial charge is 0.480 e. The Balaban J connectivity index is 2.72. The Bertz CT molecular complexity index is 933. The minimum Gasteiger partial charge on any atom is -0.480 e. The first kappa shape index (κ1) is 20.1. The minimum absolute atomic E-state index is 0.0165. The average Bonchev–Trinajstić information content (AvgIpc) is 2.53. The fraction of sp³-hybridized carbons (Fsp3) is 0.133. The van der Waals surface area contributed by atoms with Gasteiger partial charge in [-0.25, -0.2) is 13.2 Å². The molecule has 1 atom stereocenters.